The molecule has 1 aromatic heterocycles. The lowest BCUT2D eigenvalue weighted by Gasteiger charge is -2.42. The van der Waals surface area contributed by atoms with Gasteiger partial charge in [0.1, 0.15) is 0 Å². The zero-order valence-electron chi connectivity index (χ0n) is 9.11. The standard InChI is InChI=1S/C12H17N3/c1-8-5-13-7-12(15-8)10-4-9-2-3-11(10)14-6-9/h5,7,9-11,14H,2-4,6H2,1H3. The third-order valence-corrected chi connectivity index (χ3v) is 3.78. The molecule has 3 aliphatic rings. The van der Waals surface area contributed by atoms with Crippen LogP contribution in [0.25, 0.3) is 0 Å². The van der Waals surface area contributed by atoms with Crippen molar-refractivity contribution in [2.24, 2.45) is 5.92 Å². The van der Waals surface area contributed by atoms with Crippen molar-refractivity contribution in [3.05, 3.63) is 23.8 Å². The van der Waals surface area contributed by atoms with Gasteiger partial charge in [0.2, 0.25) is 0 Å². The lowest BCUT2D eigenvalue weighted by atomic mass is 9.73. The Kier molecular flexibility index (Phi) is 2.20. The summed E-state index contributed by atoms with van der Waals surface area (Å²) in [7, 11) is 0. The third-order valence-electron chi connectivity index (χ3n) is 3.78. The highest BCUT2D eigenvalue weighted by atomic mass is 15.0. The Morgan fingerprint density at radius 1 is 1.33 bits per heavy atom. The zero-order chi connectivity index (χ0) is 10.3. The van der Waals surface area contributed by atoms with Crippen LogP contribution in [0.1, 0.15) is 36.6 Å². The second-order valence-electron chi connectivity index (χ2n) is 4.89. The van der Waals surface area contributed by atoms with Gasteiger partial charge in [-0.3, -0.25) is 9.97 Å². The van der Waals surface area contributed by atoms with Crippen LogP contribution in [0.4, 0.5) is 0 Å². The van der Waals surface area contributed by atoms with Gasteiger partial charge in [-0.2, -0.15) is 0 Å². The van der Waals surface area contributed by atoms with Gasteiger partial charge in [-0.05, 0) is 38.6 Å². The Hall–Kier alpha value is -0.960. The van der Waals surface area contributed by atoms with Crippen molar-refractivity contribution in [1.29, 1.82) is 0 Å². The van der Waals surface area contributed by atoms with E-state index >= 15 is 0 Å². The average Bonchev–Trinajstić information content (AvgIpc) is 2.30. The summed E-state index contributed by atoms with van der Waals surface area (Å²) in [6.45, 7) is 3.23. The highest BCUT2D eigenvalue weighted by molar-refractivity contribution is 5.14. The van der Waals surface area contributed by atoms with Crippen LogP contribution in [0.15, 0.2) is 12.4 Å². The van der Waals surface area contributed by atoms with Gasteiger partial charge in [-0.15, -0.1) is 0 Å². The maximum absolute atomic E-state index is 4.61. The van der Waals surface area contributed by atoms with Crippen LogP contribution in [-0.2, 0) is 0 Å². The summed E-state index contributed by atoms with van der Waals surface area (Å²) >= 11 is 0. The number of hydrogen-bond donors (Lipinski definition) is 1. The van der Waals surface area contributed by atoms with E-state index in [4.69, 9.17) is 0 Å². The minimum Gasteiger partial charge on any atom is -0.313 e. The summed E-state index contributed by atoms with van der Waals surface area (Å²) in [5.74, 6) is 1.47. The van der Waals surface area contributed by atoms with Crippen molar-refractivity contribution in [3.8, 4) is 0 Å². The topological polar surface area (TPSA) is 37.8 Å². The Bertz CT molecular complexity index is 356. The van der Waals surface area contributed by atoms with Gasteiger partial charge in [0, 0.05) is 24.4 Å². The van der Waals surface area contributed by atoms with Crippen molar-refractivity contribution in [2.75, 3.05) is 6.54 Å². The van der Waals surface area contributed by atoms with E-state index in [-0.39, 0.29) is 0 Å². The monoisotopic (exact) mass is 203 g/mol. The van der Waals surface area contributed by atoms with E-state index in [1.54, 1.807) is 0 Å². The predicted octanol–water partition coefficient (Wildman–Crippen LogP) is 1.64. The molecule has 15 heavy (non-hydrogen) atoms. The van der Waals surface area contributed by atoms with E-state index < -0.39 is 0 Å². The van der Waals surface area contributed by atoms with Crippen LogP contribution in [0.3, 0.4) is 0 Å². The van der Waals surface area contributed by atoms with Crippen LogP contribution in [0, 0.1) is 12.8 Å². The maximum Gasteiger partial charge on any atom is 0.0636 e. The second-order valence-corrected chi connectivity index (χ2v) is 4.89. The Labute approximate surface area is 90.3 Å². The van der Waals surface area contributed by atoms with E-state index in [1.807, 2.05) is 19.3 Å². The third kappa shape index (κ3) is 1.65. The summed E-state index contributed by atoms with van der Waals surface area (Å²) in [6.07, 6.45) is 7.78. The number of aryl methyl sites for hydroxylation is 1. The molecular weight excluding hydrogens is 186 g/mol. The number of aromatic nitrogens is 2. The van der Waals surface area contributed by atoms with Crippen LogP contribution in [0.2, 0.25) is 0 Å². The maximum atomic E-state index is 4.61. The minimum absolute atomic E-state index is 0.602. The Morgan fingerprint density at radius 2 is 2.27 bits per heavy atom. The first kappa shape index (κ1) is 9.28. The molecule has 80 valence electrons. The lowest BCUT2D eigenvalue weighted by Crippen LogP contribution is -2.49. The van der Waals surface area contributed by atoms with Crippen molar-refractivity contribution >= 4 is 0 Å². The molecule has 3 fully saturated rings. The summed E-state index contributed by atoms with van der Waals surface area (Å²) in [5.41, 5.74) is 2.23. The molecule has 1 aromatic rings. The first-order chi connectivity index (χ1) is 7.33. The van der Waals surface area contributed by atoms with Crippen LogP contribution in [-0.4, -0.2) is 22.6 Å². The molecular formula is C12H17N3. The number of piperidine rings is 2. The van der Waals surface area contributed by atoms with Crippen LogP contribution in [0.5, 0.6) is 0 Å². The summed E-state index contributed by atoms with van der Waals surface area (Å²) in [6, 6.07) is 0.645. The highest BCUT2D eigenvalue weighted by Gasteiger charge is 2.36. The number of fused-ring (bicyclic) bond motifs is 3. The van der Waals surface area contributed by atoms with Crippen molar-refractivity contribution in [3.63, 3.8) is 0 Å². The molecule has 0 spiro atoms. The second kappa shape index (κ2) is 3.56. The molecule has 3 nitrogen and oxygen atoms in total. The van der Waals surface area contributed by atoms with E-state index in [0.717, 1.165) is 11.6 Å². The zero-order valence-corrected chi connectivity index (χ0v) is 9.11. The lowest BCUT2D eigenvalue weighted by molar-refractivity contribution is 0.180. The normalized spacial score (nSPS) is 34.3. The van der Waals surface area contributed by atoms with Gasteiger partial charge in [-0.1, -0.05) is 0 Å². The van der Waals surface area contributed by atoms with Crippen molar-refractivity contribution in [2.45, 2.75) is 38.1 Å². The van der Waals surface area contributed by atoms with Gasteiger partial charge in [0.15, 0.2) is 0 Å². The van der Waals surface area contributed by atoms with Crippen LogP contribution < -0.4 is 5.32 Å². The molecule has 1 saturated carbocycles. The SMILES string of the molecule is Cc1cncc(C2CC3CCC2NC3)n1. The largest absolute Gasteiger partial charge is 0.313 e. The van der Waals surface area contributed by atoms with Gasteiger partial charge >= 0.3 is 0 Å². The average molecular weight is 203 g/mol. The molecule has 2 aliphatic heterocycles. The molecule has 1 aliphatic carbocycles. The van der Waals surface area contributed by atoms with Gasteiger partial charge < -0.3 is 5.32 Å². The molecule has 3 heterocycles. The predicted molar refractivity (Wildman–Crippen MR) is 58.6 cm³/mol. The molecule has 0 radical (unpaired) electrons. The first-order valence-electron chi connectivity index (χ1n) is 5.85. The van der Waals surface area contributed by atoms with Crippen molar-refractivity contribution < 1.29 is 0 Å². The van der Waals surface area contributed by atoms with E-state index in [1.165, 1.54) is 31.5 Å². The fraction of sp³-hybridized carbons (Fsp3) is 0.667. The van der Waals surface area contributed by atoms with E-state index in [0.29, 0.717) is 12.0 Å². The molecule has 2 bridgehead atoms. The fourth-order valence-electron chi connectivity index (χ4n) is 2.99. The smallest absolute Gasteiger partial charge is 0.0636 e. The van der Waals surface area contributed by atoms with E-state index in [9.17, 15) is 0 Å². The summed E-state index contributed by atoms with van der Waals surface area (Å²) in [4.78, 5) is 8.87. The van der Waals surface area contributed by atoms with Gasteiger partial charge in [0.05, 0.1) is 11.4 Å². The molecule has 3 atom stereocenters. The summed E-state index contributed by atoms with van der Waals surface area (Å²) < 4.78 is 0. The number of nitrogens with zero attached hydrogens (tertiary/aromatic N) is 2. The Balaban J connectivity index is 1.88. The number of nitrogens with one attached hydrogen (secondary N) is 1. The quantitative estimate of drug-likeness (QED) is 0.754. The minimum atomic E-state index is 0.602. The van der Waals surface area contributed by atoms with Crippen LogP contribution >= 0.6 is 0 Å². The molecule has 0 aromatic carbocycles. The number of rotatable bonds is 1. The summed E-state index contributed by atoms with van der Waals surface area (Å²) in [5, 5.41) is 3.62. The van der Waals surface area contributed by atoms with Crippen molar-refractivity contribution in [1.82, 2.24) is 15.3 Å². The molecule has 0 amide bonds. The van der Waals surface area contributed by atoms with E-state index in [2.05, 4.69) is 15.3 Å². The molecule has 3 heteroatoms. The highest BCUT2D eigenvalue weighted by Crippen LogP contribution is 2.38. The number of hydrogen-bond acceptors (Lipinski definition) is 3. The Morgan fingerprint density at radius 3 is 2.87 bits per heavy atom. The fourth-order valence-corrected chi connectivity index (χ4v) is 2.99. The molecule has 3 unspecified atom stereocenters. The molecule has 4 rings (SSSR count). The first-order valence-corrected chi connectivity index (χ1v) is 5.85. The molecule has 1 N–H and O–H groups in total. The van der Waals surface area contributed by atoms with Gasteiger partial charge in [0.25, 0.3) is 0 Å². The molecule has 2 saturated heterocycles. The van der Waals surface area contributed by atoms with Gasteiger partial charge in [-0.25, -0.2) is 0 Å².